The number of carbonyl (C=O) groups is 1. The number of H-pyrrole nitrogens is 1. The number of Topliss-reactive ketones (excluding diaryl/α,β-unsaturated/α-hetero) is 1. The Bertz CT molecular complexity index is 1080. The maximum absolute atomic E-state index is 13.4. The van der Waals surface area contributed by atoms with Crippen molar-refractivity contribution >= 4 is 16.7 Å². The van der Waals surface area contributed by atoms with Crippen LogP contribution in [0.5, 0.6) is 5.75 Å². The number of fused-ring (bicyclic) bond motifs is 1. The molecule has 29 heavy (non-hydrogen) atoms. The zero-order chi connectivity index (χ0) is 20.1. The zero-order valence-electron chi connectivity index (χ0n) is 16.4. The molecule has 0 fully saturated rings. The van der Waals surface area contributed by atoms with Gasteiger partial charge in [0, 0.05) is 29.2 Å². The van der Waals surface area contributed by atoms with Gasteiger partial charge in [-0.15, -0.1) is 0 Å². The van der Waals surface area contributed by atoms with Crippen LogP contribution in [-0.2, 0) is 6.42 Å². The van der Waals surface area contributed by atoms with E-state index in [4.69, 9.17) is 4.74 Å². The quantitative estimate of drug-likeness (QED) is 0.423. The van der Waals surface area contributed by atoms with Gasteiger partial charge in [-0.25, -0.2) is 0 Å². The molecule has 1 heterocycles. The standard InChI is InChI=1S/C25H24N2O2/c1-29-20-13-11-18(12-14-20)15-16-26-24(19-7-3-2-4-8-19)25(28)22-17-27-23-10-6-5-9-21(22)23/h2-14,17,24,26-27H,15-16H2,1H3. The average molecular weight is 384 g/mol. The lowest BCUT2D eigenvalue weighted by molar-refractivity contribution is 0.0945. The number of methoxy groups -OCH3 is 1. The van der Waals surface area contributed by atoms with Gasteiger partial charge in [0.15, 0.2) is 5.78 Å². The highest BCUT2D eigenvalue weighted by Gasteiger charge is 2.23. The summed E-state index contributed by atoms with van der Waals surface area (Å²) in [6, 6.07) is 25.4. The van der Waals surface area contributed by atoms with Crippen LogP contribution in [0.15, 0.2) is 85.1 Å². The van der Waals surface area contributed by atoms with E-state index in [0.29, 0.717) is 12.1 Å². The molecule has 146 valence electrons. The Labute approximate surface area is 170 Å². The third-order valence-electron chi connectivity index (χ3n) is 5.17. The Morgan fingerprint density at radius 3 is 2.45 bits per heavy atom. The Kier molecular flexibility index (Phi) is 5.73. The lowest BCUT2D eigenvalue weighted by atomic mass is 9.96. The summed E-state index contributed by atoms with van der Waals surface area (Å²) in [6.07, 6.45) is 2.64. The predicted octanol–water partition coefficient (Wildman–Crippen LogP) is 4.93. The van der Waals surface area contributed by atoms with E-state index >= 15 is 0 Å². The summed E-state index contributed by atoms with van der Waals surface area (Å²) in [5.74, 6) is 0.918. The fourth-order valence-electron chi connectivity index (χ4n) is 3.59. The molecule has 4 rings (SSSR count). The van der Waals surface area contributed by atoms with E-state index < -0.39 is 6.04 Å². The molecule has 1 aromatic heterocycles. The van der Waals surface area contributed by atoms with Crippen LogP contribution in [-0.4, -0.2) is 24.4 Å². The van der Waals surface area contributed by atoms with Gasteiger partial charge in [0.05, 0.1) is 13.2 Å². The number of para-hydroxylation sites is 1. The first-order valence-electron chi connectivity index (χ1n) is 9.78. The van der Waals surface area contributed by atoms with Crippen LogP contribution < -0.4 is 10.1 Å². The monoisotopic (exact) mass is 384 g/mol. The highest BCUT2D eigenvalue weighted by Crippen LogP contribution is 2.24. The molecule has 1 atom stereocenters. The molecule has 0 saturated carbocycles. The number of ether oxygens (including phenoxy) is 1. The predicted molar refractivity (Wildman–Crippen MR) is 117 cm³/mol. The summed E-state index contributed by atoms with van der Waals surface area (Å²) < 4.78 is 5.21. The minimum Gasteiger partial charge on any atom is -0.497 e. The molecule has 4 nitrogen and oxygen atoms in total. The second-order valence-corrected chi connectivity index (χ2v) is 7.01. The van der Waals surface area contributed by atoms with E-state index in [9.17, 15) is 4.79 Å². The number of nitrogens with one attached hydrogen (secondary N) is 2. The number of aromatic amines is 1. The maximum atomic E-state index is 13.4. The fraction of sp³-hybridized carbons (Fsp3) is 0.160. The Hall–Kier alpha value is -3.37. The molecule has 3 aromatic carbocycles. The SMILES string of the molecule is COc1ccc(CCNC(C(=O)c2c[nH]c3ccccc23)c2ccccc2)cc1. The molecule has 2 N–H and O–H groups in total. The van der Waals surface area contributed by atoms with E-state index in [1.165, 1.54) is 5.56 Å². The molecule has 4 aromatic rings. The van der Waals surface area contributed by atoms with Crippen molar-refractivity contribution in [3.05, 3.63) is 102 Å². The normalized spacial score (nSPS) is 12.0. The largest absolute Gasteiger partial charge is 0.497 e. The third kappa shape index (κ3) is 4.23. The van der Waals surface area contributed by atoms with E-state index in [-0.39, 0.29) is 5.78 Å². The molecule has 0 aliphatic rings. The zero-order valence-corrected chi connectivity index (χ0v) is 16.4. The first-order valence-corrected chi connectivity index (χ1v) is 9.78. The fourth-order valence-corrected chi connectivity index (χ4v) is 3.59. The average Bonchev–Trinajstić information content (AvgIpc) is 3.21. The summed E-state index contributed by atoms with van der Waals surface area (Å²) in [4.78, 5) is 16.7. The van der Waals surface area contributed by atoms with Crippen LogP contribution in [0.25, 0.3) is 10.9 Å². The number of benzene rings is 3. The van der Waals surface area contributed by atoms with Crippen LogP contribution >= 0.6 is 0 Å². The molecule has 0 aliphatic heterocycles. The Morgan fingerprint density at radius 1 is 0.966 bits per heavy atom. The van der Waals surface area contributed by atoms with Gasteiger partial charge in [-0.1, -0.05) is 60.7 Å². The second-order valence-electron chi connectivity index (χ2n) is 7.01. The van der Waals surface area contributed by atoms with Crippen LogP contribution in [0.2, 0.25) is 0 Å². The smallest absolute Gasteiger partial charge is 0.186 e. The van der Waals surface area contributed by atoms with Gasteiger partial charge in [-0.3, -0.25) is 4.79 Å². The third-order valence-corrected chi connectivity index (χ3v) is 5.17. The molecule has 0 bridgehead atoms. The summed E-state index contributed by atoms with van der Waals surface area (Å²) in [5.41, 5.74) is 3.86. The van der Waals surface area contributed by atoms with Crippen LogP contribution in [0.4, 0.5) is 0 Å². The van der Waals surface area contributed by atoms with Gasteiger partial charge in [-0.05, 0) is 35.7 Å². The highest BCUT2D eigenvalue weighted by atomic mass is 16.5. The van der Waals surface area contributed by atoms with E-state index in [2.05, 4.69) is 22.4 Å². The second kappa shape index (κ2) is 8.76. The molecule has 4 heteroatoms. The number of carbonyl (C=O) groups excluding carboxylic acids is 1. The maximum Gasteiger partial charge on any atom is 0.186 e. The lowest BCUT2D eigenvalue weighted by Gasteiger charge is -2.18. The van der Waals surface area contributed by atoms with E-state index in [1.54, 1.807) is 7.11 Å². The van der Waals surface area contributed by atoms with Crippen LogP contribution in [0.3, 0.4) is 0 Å². The van der Waals surface area contributed by atoms with Gasteiger partial charge in [0.2, 0.25) is 0 Å². The molecule has 0 amide bonds. The molecular formula is C25H24N2O2. The van der Waals surface area contributed by atoms with Gasteiger partial charge >= 0.3 is 0 Å². The number of ketones is 1. The topological polar surface area (TPSA) is 54.1 Å². The molecule has 0 saturated heterocycles. The Balaban J connectivity index is 1.54. The van der Waals surface area contributed by atoms with Crippen molar-refractivity contribution < 1.29 is 9.53 Å². The summed E-state index contributed by atoms with van der Waals surface area (Å²) >= 11 is 0. The van der Waals surface area contributed by atoms with Gasteiger partial charge in [0.1, 0.15) is 5.75 Å². The molecule has 0 radical (unpaired) electrons. The van der Waals surface area contributed by atoms with Crippen molar-refractivity contribution in [3.63, 3.8) is 0 Å². The number of hydrogen-bond acceptors (Lipinski definition) is 3. The van der Waals surface area contributed by atoms with Gasteiger partial charge in [-0.2, -0.15) is 0 Å². The van der Waals surface area contributed by atoms with Crippen molar-refractivity contribution in [2.24, 2.45) is 0 Å². The van der Waals surface area contributed by atoms with E-state index in [0.717, 1.165) is 28.6 Å². The summed E-state index contributed by atoms with van der Waals surface area (Å²) in [6.45, 7) is 0.694. The van der Waals surface area contributed by atoms with Crippen molar-refractivity contribution in [2.75, 3.05) is 13.7 Å². The van der Waals surface area contributed by atoms with Crippen molar-refractivity contribution in [1.29, 1.82) is 0 Å². The molecular weight excluding hydrogens is 360 g/mol. The van der Waals surface area contributed by atoms with Crippen molar-refractivity contribution in [3.8, 4) is 5.75 Å². The number of aromatic nitrogens is 1. The lowest BCUT2D eigenvalue weighted by Crippen LogP contribution is -2.30. The summed E-state index contributed by atoms with van der Waals surface area (Å²) in [7, 11) is 1.66. The molecule has 0 aliphatic carbocycles. The first-order chi connectivity index (χ1) is 14.3. The van der Waals surface area contributed by atoms with Gasteiger partial charge < -0.3 is 15.0 Å². The first kappa shape index (κ1) is 19.0. The molecule has 0 spiro atoms. The Morgan fingerprint density at radius 2 is 1.69 bits per heavy atom. The van der Waals surface area contributed by atoms with Crippen molar-refractivity contribution in [2.45, 2.75) is 12.5 Å². The van der Waals surface area contributed by atoms with Crippen LogP contribution in [0.1, 0.15) is 27.5 Å². The van der Waals surface area contributed by atoms with Crippen molar-refractivity contribution in [1.82, 2.24) is 10.3 Å². The van der Waals surface area contributed by atoms with E-state index in [1.807, 2.05) is 72.9 Å². The minimum atomic E-state index is -0.395. The number of rotatable bonds is 8. The number of hydrogen-bond donors (Lipinski definition) is 2. The minimum absolute atomic E-state index is 0.0726. The summed E-state index contributed by atoms with van der Waals surface area (Å²) in [5, 5.41) is 4.43. The van der Waals surface area contributed by atoms with Crippen LogP contribution in [0, 0.1) is 0 Å². The van der Waals surface area contributed by atoms with Gasteiger partial charge in [0.25, 0.3) is 0 Å². The molecule has 1 unspecified atom stereocenters. The highest BCUT2D eigenvalue weighted by molar-refractivity contribution is 6.10.